The first-order valence-corrected chi connectivity index (χ1v) is 9.44. The average molecular weight is 511 g/mol. The van der Waals surface area contributed by atoms with Gasteiger partial charge in [-0.2, -0.15) is 0 Å². The van der Waals surface area contributed by atoms with Crippen molar-refractivity contribution in [3.8, 4) is 11.5 Å². The molecule has 2 aromatic rings. The molecule has 0 saturated heterocycles. The van der Waals surface area contributed by atoms with Gasteiger partial charge in [-0.15, -0.1) is 0 Å². The number of phenolic OH excluding ortho intramolecular Hbond substituents is 2. The standard InChI is InChI=1S/2C7H7NO3.Pb/c2*9-6-4-2-1-3-5(6)7(10)8-11;/h2*1-4,9,11H,(H,8,10);/q;;+2/p-2. The number of oxime groups is 2. The van der Waals surface area contributed by atoms with Crippen LogP contribution in [0.15, 0.2) is 58.8 Å². The second-order valence-corrected chi connectivity index (χ2v) is 6.37. The molecule has 2 radical (unpaired) electrons. The first-order chi connectivity index (χ1) is 11.2. The van der Waals surface area contributed by atoms with Crippen molar-refractivity contribution in [3.05, 3.63) is 59.7 Å². The quantitative estimate of drug-likeness (QED) is 0.163. The molecule has 0 aliphatic carbocycles. The third-order valence-corrected chi connectivity index (χ3v) is 4.88. The van der Waals surface area contributed by atoms with Crippen LogP contribution < -0.4 is 0 Å². The average Bonchev–Trinajstić information content (AvgIpc) is 2.57. The summed E-state index contributed by atoms with van der Waals surface area (Å²) in [6, 6.07) is 12.4. The number of para-hydroxylation sites is 2. The van der Waals surface area contributed by atoms with Crippen LogP contribution in [0.25, 0.3) is 0 Å². The van der Waals surface area contributed by atoms with Crippen LogP contribution in [-0.4, -0.2) is 57.6 Å². The van der Waals surface area contributed by atoms with Crippen LogP contribution in [-0.2, 0) is 5.37 Å². The van der Waals surface area contributed by atoms with Crippen molar-refractivity contribution < 1.29 is 26.0 Å². The van der Waals surface area contributed by atoms with Gasteiger partial charge < -0.3 is 0 Å². The van der Waals surface area contributed by atoms with Crippen LogP contribution in [0.3, 0.4) is 0 Å². The molecule has 0 aromatic heterocycles. The number of rotatable bonds is 4. The van der Waals surface area contributed by atoms with Crippen LogP contribution in [0, 0.1) is 0 Å². The second-order valence-electron chi connectivity index (χ2n) is 4.13. The Morgan fingerprint density at radius 2 is 1.13 bits per heavy atom. The normalized spacial score (nSPS) is 12.0. The summed E-state index contributed by atoms with van der Waals surface area (Å²) in [6.07, 6.45) is 0. The summed E-state index contributed by atoms with van der Waals surface area (Å²) in [4.78, 5) is 0. The van der Waals surface area contributed by atoms with Gasteiger partial charge in [-0.25, -0.2) is 0 Å². The Labute approximate surface area is 144 Å². The van der Waals surface area contributed by atoms with E-state index in [1.165, 1.54) is 24.3 Å². The van der Waals surface area contributed by atoms with E-state index in [0.29, 0.717) is 0 Å². The van der Waals surface area contributed by atoms with Gasteiger partial charge in [-0.1, -0.05) is 0 Å². The molecule has 0 unspecified atom stereocenters. The molecule has 2 aromatic carbocycles. The van der Waals surface area contributed by atoms with Gasteiger partial charge in [0.25, 0.3) is 0 Å². The molecule has 0 amide bonds. The summed E-state index contributed by atoms with van der Waals surface area (Å²) in [5.41, 5.74) is 0.410. The van der Waals surface area contributed by atoms with Gasteiger partial charge in [0.1, 0.15) is 0 Å². The van der Waals surface area contributed by atoms with Crippen molar-refractivity contribution in [2.75, 3.05) is 0 Å². The summed E-state index contributed by atoms with van der Waals surface area (Å²) in [5.74, 6) is -0.608. The zero-order valence-electron chi connectivity index (χ0n) is 11.6. The second kappa shape index (κ2) is 8.22. The van der Waals surface area contributed by atoms with E-state index in [-0.39, 0.29) is 34.4 Å². The fourth-order valence-electron chi connectivity index (χ4n) is 1.67. The van der Waals surface area contributed by atoms with Crippen molar-refractivity contribution in [2.45, 2.75) is 0 Å². The minimum absolute atomic E-state index is 0.111. The fraction of sp³-hybridized carbons (Fsp3) is 0. The van der Waals surface area contributed by atoms with E-state index in [0.717, 1.165) is 0 Å². The Morgan fingerprint density at radius 3 is 1.48 bits per heavy atom. The predicted octanol–water partition coefficient (Wildman–Crippen LogP) is 1.64. The summed E-state index contributed by atoms with van der Waals surface area (Å²) >= 11 is -2.37. The number of hydrogen-bond donors (Lipinski definition) is 4. The Hall–Kier alpha value is -2.50. The van der Waals surface area contributed by atoms with Crippen molar-refractivity contribution in [1.29, 1.82) is 0 Å². The molecule has 0 fully saturated rings. The van der Waals surface area contributed by atoms with Crippen LogP contribution in [0.5, 0.6) is 11.5 Å². The third kappa shape index (κ3) is 4.25. The molecule has 23 heavy (non-hydrogen) atoms. The van der Waals surface area contributed by atoms with E-state index in [1.54, 1.807) is 24.3 Å². The number of benzene rings is 2. The van der Waals surface area contributed by atoms with Crippen molar-refractivity contribution in [1.82, 2.24) is 0 Å². The fourth-order valence-corrected chi connectivity index (χ4v) is 3.62. The van der Waals surface area contributed by atoms with Crippen molar-refractivity contribution in [2.24, 2.45) is 10.3 Å². The van der Waals surface area contributed by atoms with Crippen LogP contribution in [0.4, 0.5) is 0 Å². The summed E-state index contributed by atoms with van der Waals surface area (Å²) < 4.78 is 10.6. The summed E-state index contributed by atoms with van der Waals surface area (Å²) in [7, 11) is 0. The van der Waals surface area contributed by atoms with E-state index < -0.39 is 25.1 Å². The van der Waals surface area contributed by atoms with Crippen LogP contribution >= 0.6 is 0 Å². The molecule has 0 aliphatic rings. The SMILES string of the molecule is ON=C([O][Pb][O]C(=NO)c1ccccc1O)c1ccccc1O. The molecule has 0 aliphatic heterocycles. The zero-order chi connectivity index (χ0) is 16.7. The molecule has 8 nitrogen and oxygen atoms in total. The molecule has 0 atom stereocenters. The zero-order valence-corrected chi connectivity index (χ0v) is 15.5. The van der Waals surface area contributed by atoms with E-state index in [4.69, 9.17) is 15.8 Å². The number of nitrogens with zero attached hydrogens (tertiary/aromatic N) is 2. The van der Waals surface area contributed by atoms with Gasteiger partial charge in [0.2, 0.25) is 0 Å². The third-order valence-electron chi connectivity index (χ3n) is 2.73. The van der Waals surface area contributed by atoms with E-state index >= 15 is 0 Å². The first kappa shape index (κ1) is 16.9. The first-order valence-electron chi connectivity index (χ1n) is 6.27. The maximum atomic E-state index is 9.69. The maximum absolute atomic E-state index is 9.69. The molecule has 4 N–H and O–H groups in total. The van der Waals surface area contributed by atoms with Gasteiger partial charge in [0, 0.05) is 0 Å². The predicted molar refractivity (Wildman–Crippen MR) is 80.8 cm³/mol. The number of phenols is 2. The van der Waals surface area contributed by atoms with Crippen molar-refractivity contribution in [3.63, 3.8) is 0 Å². The molecule has 0 spiro atoms. The monoisotopic (exact) mass is 512 g/mol. The summed E-state index contributed by atoms with van der Waals surface area (Å²) in [6.45, 7) is 0. The molecule has 9 heteroatoms. The molecule has 0 bridgehead atoms. The number of hydrogen-bond acceptors (Lipinski definition) is 8. The van der Waals surface area contributed by atoms with Gasteiger partial charge in [0.05, 0.1) is 0 Å². The molecule has 0 heterocycles. The van der Waals surface area contributed by atoms with Gasteiger partial charge in [-0.05, 0) is 0 Å². The van der Waals surface area contributed by atoms with E-state index in [2.05, 4.69) is 10.3 Å². The van der Waals surface area contributed by atoms with E-state index in [1.807, 2.05) is 0 Å². The van der Waals surface area contributed by atoms with Crippen molar-refractivity contribution >= 4 is 36.9 Å². The van der Waals surface area contributed by atoms with Crippen LogP contribution in [0.2, 0.25) is 0 Å². The Kier molecular flexibility index (Phi) is 6.03. The molecular weight excluding hydrogens is 499 g/mol. The van der Waals surface area contributed by atoms with Gasteiger partial charge in [-0.3, -0.25) is 0 Å². The Bertz CT molecular complexity index is 673. The topological polar surface area (TPSA) is 124 Å². The van der Waals surface area contributed by atoms with Gasteiger partial charge in [0.15, 0.2) is 0 Å². The molecule has 0 saturated carbocycles. The van der Waals surface area contributed by atoms with Crippen LogP contribution in [0.1, 0.15) is 11.1 Å². The van der Waals surface area contributed by atoms with E-state index in [9.17, 15) is 10.2 Å². The molecule has 2 rings (SSSR count). The molecule has 118 valence electrons. The minimum atomic E-state index is -2.37. The van der Waals surface area contributed by atoms with Gasteiger partial charge >= 0.3 is 144 Å². The Morgan fingerprint density at radius 1 is 0.739 bits per heavy atom. The Balaban J connectivity index is 2.03. The molecular formula is C14H12N2O6Pb. The number of aromatic hydroxyl groups is 2. The summed E-state index contributed by atoms with van der Waals surface area (Å²) in [5, 5.41) is 43.3.